The van der Waals surface area contributed by atoms with E-state index in [1.807, 2.05) is 37.3 Å². The number of hydrogen-bond donors (Lipinski definition) is 2. The number of nitriles is 1. The quantitative estimate of drug-likeness (QED) is 0.577. The molecule has 0 saturated carbocycles. The molecule has 3 rings (SSSR count). The summed E-state index contributed by atoms with van der Waals surface area (Å²) in [5.41, 5.74) is 6.71. The van der Waals surface area contributed by atoms with E-state index in [1.165, 1.54) is 4.90 Å². The number of halogens is 3. The molecule has 180 valence electrons. The van der Waals surface area contributed by atoms with Crippen LogP contribution in [0, 0.1) is 28.8 Å². The van der Waals surface area contributed by atoms with E-state index in [0.717, 1.165) is 11.6 Å². The Morgan fingerprint density at radius 2 is 1.79 bits per heavy atom. The number of hydrogen-bond acceptors (Lipinski definition) is 4. The SMILES string of the molecule is CC1CCC(C#N)N1C(=O)CC(Cc1cc(F)c(F)cc1F)NC(=O)C(N)Cc1ccccc1. The molecule has 6 nitrogen and oxygen atoms in total. The van der Waals surface area contributed by atoms with E-state index < -0.39 is 41.5 Å². The van der Waals surface area contributed by atoms with E-state index in [9.17, 15) is 28.0 Å². The predicted octanol–water partition coefficient (Wildman–Crippen LogP) is 2.99. The highest BCUT2D eigenvalue weighted by molar-refractivity contribution is 5.84. The summed E-state index contributed by atoms with van der Waals surface area (Å²) in [6, 6.07) is 9.74. The van der Waals surface area contributed by atoms with Gasteiger partial charge in [-0.15, -0.1) is 0 Å². The second kappa shape index (κ2) is 11.2. The van der Waals surface area contributed by atoms with E-state index >= 15 is 0 Å². The Morgan fingerprint density at radius 1 is 1.12 bits per heavy atom. The first-order valence-electron chi connectivity index (χ1n) is 11.1. The molecule has 0 bridgehead atoms. The maximum absolute atomic E-state index is 14.3. The zero-order valence-electron chi connectivity index (χ0n) is 18.8. The monoisotopic (exact) mass is 472 g/mol. The van der Waals surface area contributed by atoms with E-state index in [4.69, 9.17) is 5.73 Å². The van der Waals surface area contributed by atoms with Crippen LogP contribution in [0.5, 0.6) is 0 Å². The number of benzene rings is 2. The summed E-state index contributed by atoms with van der Waals surface area (Å²) in [6.07, 6.45) is 0.955. The molecule has 0 aromatic heterocycles. The van der Waals surface area contributed by atoms with Crippen LogP contribution in [0.15, 0.2) is 42.5 Å². The summed E-state index contributed by atoms with van der Waals surface area (Å²) in [6.45, 7) is 1.83. The molecule has 1 aliphatic rings. The summed E-state index contributed by atoms with van der Waals surface area (Å²) in [5, 5.41) is 12.0. The molecule has 2 aromatic rings. The number of rotatable bonds is 8. The van der Waals surface area contributed by atoms with Gasteiger partial charge in [-0.2, -0.15) is 5.26 Å². The molecule has 1 aliphatic heterocycles. The lowest BCUT2D eigenvalue weighted by atomic mass is 10.00. The van der Waals surface area contributed by atoms with Crippen molar-refractivity contribution in [1.82, 2.24) is 10.2 Å². The molecular formula is C25H27F3N4O2. The second-order valence-corrected chi connectivity index (χ2v) is 8.64. The largest absolute Gasteiger partial charge is 0.351 e. The molecule has 1 heterocycles. The summed E-state index contributed by atoms with van der Waals surface area (Å²) >= 11 is 0. The molecule has 1 saturated heterocycles. The Kier molecular flexibility index (Phi) is 8.29. The van der Waals surface area contributed by atoms with Crippen molar-refractivity contribution in [2.75, 3.05) is 0 Å². The number of amides is 2. The summed E-state index contributed by atoms with van der Waals surface area (Å²) in [4.78, 5) is 27.3. The number of likely N-dealkylation sites (tertiary alicyclic amines) is 1. The fraction of sp³-hybridized carbons (Fsp3) is 0.400. The molecule has 1 fully saturated rings. The third-order valence-corrected chi connectivity index (χ3v) is 6.06. The molecule has 4 atom stereocenters. The number of nitrogens with zero attached hydrogens (tertiary/aromatic N) is 2. The lowest BCUT2D eigenvalue weighted by molar-refractivity contribution is -0.133. The fourth-order valence-corrected chi connectivity index (χ4v) is 4.28. The molecule has 2 aromatic carbocycles. The Labute approximate surface area is 196 Å². The first-order chi connectivity index (χ1) is 16.2. The van der Waals surface area contributed by atoms with Crippen LogP contribution in [-0.4, -0.2) is 40.9 Å². The van der Waals surface area contributed by atoms with Gasteiger partial charge in [0, 0.05) is 24.6 Å². The van der Waals surface area contributed by atoms with Gasteiger partial charge >= 0.3 is 0 Å². The van der Waals surface area contributed by atoms with Gasteiger partial charge in [-0.05, 0) is 49.8 Å². The molecule has 2 amide bonds. The maximum Gasteiger partial charge on any atom is 0.237 e. The van der Waals surface area contributed by atoms with Crippen LogP contribution in [0.1, 0.15) is 37.3 Å². The Bertz CT molecular complexity index is 1070. The van der Waals surface area contributed by atoms with Gasteiger partial charge in [-0.25, -0.2) is 13.2 Å². The van der Waals surface area contributed by atoms with Crippen LogP contribution in [-0.2, 0) is 22.4 Å². The number of nitrogens with one attached hydrogen (secondary N) is 1. The van der Waals surface area contributed by atoms with Crippen molar-refractivity contribution in [3.8, 4) is 6.07 Å². The van der Waals surface area contributed by atoms with Gasteiger partial charge in [0.05, 0.1) is 12.1 Å². The molecule has 9 heteroatoms. The van der Waals surface area contributed by atoms with Gasteiger partial charge in [0.2, 0.25) is 11.8 Å². The van der Waals surface area contributed by atoms with Gasteiger partial charge in [-0.3, -0.25) is 9.59 Å². The summed E-state index contributed by atoms with van der Waals surface area (Å²) < 4.78 is 41.4. The topological polar surface area (TPSA) is 99.2 Å². The molecule has 0 radical (unpaired) electrons. The van der Waals surface area contributed by atoms with Crippen molar-refractivity contribution >= 4 is 11.8 Å². The summed E-state index contributed by atoms with van der Waals surface area (Å²) in [7, 11) is 0. The normalized spacial score (nSPS) is 19.4. The molecule has 3 N–H and O–H groups in total. The highest BCUT2D eigenvalue weighted by Crippen LogP contribution is 2.25. The number of carbonyl (C=O) groups excluding carboxylic acids is 2. The van der Waals surface area contributed by atoms with Gasteiger partial charge in [0.1, 0.15) is 11.9 Å². The third kappa shape index (κ3) is 6.14. The average Bonchev–Trinajstić information content (AvgIpc) is 3.18. The van der Waals surface area contributed by atoms with E-state index in [2.05, 4.69) is 11.4 Å². The minimum atomic E-state index is -1.33. The smallest absolute Gasteiger partial charge is 0.237 e. The standard InChI is InChI=1S/C25H27F3N4O2/c1-15-7-8-19(14-29)32(15)24(33)12-18(10-17-11-21(27)22(28)13-20(17)26)31-25(34)23(30)9-16-5-3-2-4-6-16/h2-6,11,13,15,18-19,23H,7-10,12,30H2,1H3,(H,31,34). The second-order valence-electron chi connectivity index (χ2n) is 8.64. The van der Waals surface area contributed by atoms with Gasteiger partial charge in [0.15, 0.2) is 11.6 Å². The maximum atomic E-state index is 14.3. The van der Waals surface area contributed by atoms with Crippen molar-refractivity contribution in [3.05, 3.63) is 71.0 Å². The lowest BCUT2D eigenvalue weighted by Gasteiger charge is -2.28. The first kappa shape index (κ1) is 25.2. The average molecular weight is 473 g/mol. The van der Waals surface area contributed by atoms with E-state index in [0.29, 0.717) is 18.9 Å². The van der Waals surface area contributed by atoms with Gasteiger partial charge in [-0.1, -0.05) is 30.3 Å². The highest BCUT2D eigenvalue weighted by atomic mass is 19.2. The number of carbonyl (C=O) groups is 2. The van der Waals surface area contributed by atoms with Crippen molar-refractivity contribution in [2.24, 2.45) is 5.73 Å². The zero-order valence-corrected chi connectivity index (χ0v) is 18.8. The fourth-order valence-electron chi connectivity index (χ4n) is 4.28. The van der Waals surface area contributed by atoms with Crippen LogP contribution in [0.4, 0.5) is 13.2 Å². The van der Waals surface area contributed by atoms with E-state index in [1.54, 1.807) is 0 Å². The Hall–Kier alpha value is -3.38. The zero-order chi connectivity index (χ0) is 24.8. The van der Waals surface area contributed by atoms with Crippen LogP contribution in [0.2, 0.25) is 0 Å². The first-order valence-corrected chi connectivity index (χ1v) is 11.1. The van der Waals surface area contributed by atoms with Crippen LogP contribution >= 0.6 is 0 Å². The Balaban J connectivity index is 1.78. The van der Waals surface area contributed by atoms with Crippen molar-refractivity contribution < 1.29 is 22.8 Å². The third-order valence-electron chi connectivity index (χ3n) is 6.06. The van der Waals surface area contributed by atoms with Crippen LogP contribution < -0.4 is 11.1 Å². The van der Waals surface area contributed by atoms with Crippen molar-refractivity contribution in [2.45, 2.75) is 63.2 Å². The predicted molar refractivity (Wildman–Crippen MR) is 120 cm³/mol. The molecule has 34 heavy (non-hydrogen) atoms. The minimum Gasteiger partial charge on any atom is -0.351 e. The highest BCUT2D eigenvalue weighted by Gasteiger charge is 2.35. The van der Waals surface area contributed by atoms with Crippen molar-refractivity contribution in [1.29, 1.82) is 5.26 Å². The molecule has 4 unspecified atom stereocenters. The van der Waals surface area contributed by atoms with Gasteiger partial charge in [0.25, 0.3) is 0 Å². The van der Waals surface area contributed by atoms with Gasteiger partial charge < -0.3 is 16.0 Å². The van der Waals surface area contributed by atoms with Crippen molar-refractivity contribution in [3.63, 3.8) is 0 Å². The molecule has 0 spiro atoms. The lowest BCUT2D eigenvalue weighted by Crippen LogP contribution is -2.50. The van der Waals surface area contributed by atoms with Crippen LogP contribution in [0.25, 0.3) is 0 Å². The molecular weight excluding hydrogens is 445 g/mol. The Morgan fingerprint density at radius 3 is 2.47 bits per heavy atom. The molecule has 0 aliphatic carbocycles. The number of nitrogens with two attached hydrogens (primary N) is 1. The minimum absolute atomic E-state index is 0.158. The summed E-state index contributed by atoms with van der Waals surface area (Å²) in [5.74, 6) is -4.49. The van der Waals surface area contributed by atoms with E-state index in [-0.39, 0.29) is 36.8 Å². The van der Waals surface area contributed by atoms with Crippen LogP contribution in [0.3, 0.4) is 0 Å².